The van der Waals surface area contributed by atoms with Gasteiger partial charge in [0, 0.05) is 24.4 Å². The van der Waals surface area contributed by atoms with E-state index < -0.39 is 10.8 Å². The van der Waals surface area contributed by atoms with Crippen LogP contribution in [0, 0.1) is 10.1 Å². The Kier molecular flexibility index (Phi) is 5.20. The third kappa shape index (κ3) is 4.44. The van der Waals surface area contributed by atoms with Crippen molar-refractivity contribution in [3.8, 4) is 0 Å². The number of Topliss-reactive ketones (excluding diaryl/α,β-unsaturated/α-hetero) is 1. The first kappa shape index (κ1) is 16.8. The number of nitrogens with one attached hydrogen (secondary N) is 1. The van der Waals surface area contributed by atoms with Crippen LogP contribution in [0.15, 0.2) is 29.7 Å². The maximum atomic E-state index is 11.8. The smallest absolute Gasteiger partial charge is 0.288 e. The fraction of sp³-hybridized carbons (Fsp3) is 0.0714. The molecule has 1 heterocycles. The fourth-order valence-corrected chi connectivity index (χ4v) is 2.52. The summed E-state index contributed by atoms with van der Waals surface area (Å²) in [6.07, 6.45) is 2.62. The van der Waals surface area contributed by atoms with E-state index in [1.165, 1.54) is 31.2 Å². The van der Waals surface area contributed by atoms with Gasteiger partial charge in [-0.1, -0.05) is 17.7 Å². The van der Waals surface area contributed by atoms with Gasteiger partial charge in [-0.25, -0.2) is 4.98 Å². The van der Waals surface area contributed by atoms with Crippen LogP contribution < -0.4 is 5.32 Å². The molecule has 2 aromatic rings. The van der Waals surface area contributed by atoms with E-state index in [-0.39, 0.29) is 22.2 Å². The van der Waals surface area contributed by atoms with E-state index in [1.807, 2.05) is 0 Å². The minimum absolute atomic E-state index is 0.0242. The van der Waals surface area contributed by atoms with Crippen molar-refractivity contribution in [1.82, 2.24) is 4.98 Å². The first-order valence-electron chi connectivity index (χ1n) is 6.26. The van der Waals surface area contributed by atoms with Crippen molar-refractivity contribution in [3.05, 3.63) is 56.0 Å². The molecule has 1 aromatic heterocycles. The van der Waals surface area contributed by atoms with Gasteiger partial charge in [-0.3, -0.25) is 25.0 Å². The lowest BCUT2D eigenvalue weighted by Gasteiger charge is -1.98. The number of amides is 1. The summed E-state index contributed by atoms with van der Waals surface area (Å²) in [6.45, 7) is 1.38. The van der Waals surface area contributed by atoms with E-state index >= 15 is 0 Å². The number of nitro benzene ring substituents is 1. The maximum absolute atomic E-state index is 11.8. The van der Waals surface area contributed by atoms with Gasteiger partial charge in [0.05, 0.1) is 4.92 Å². The summed E-state index contributed by atoms with van der Waals surface area (Å²) in [4.78, 5) is 37.0. The van der Waals surface area contributed by atoms with Crippen molar-refractivity contribution >= 4 is 51.5 Å². The number of nitrogens with zero attached hydrogens (tertiary/aromatic N) is 2. The third-order valence-corrected chi connectivity index (χ3v) is 3.77. The van der Waals surface area contributed by atoms with E-state index in [0.29, 0.717) is 10.7 Å². The number of hydrogen-bond donors (Lipinski definition) is 1. The molecule has 0 bridgehead atoms. The Morgan fingerprint density at radius 1 is 1.43 bits per heavy atom. The molecule has 118 valence electrons. The number of ketones is 1. The van der Waals surface area contributed by atoms with Crippen molar-refractivity contribution < 1.29 is 14.5 Å². The van der Waals surface area contributed by atoms with E-state index in [1.54, 1.807) is 11.4 Å². The molecule has 1 aromatic carbocycles. The zero-order valence-corrected chi connectivity index (χ0v) is 13.4. The zero-order valence-electron chi connectivity index (χ0n) is 11.8. The molecule has 1 amide bonds. The van der Waals surface area contributed by atoms with Crippen LogP contribution >= 0.6 is 22.9 Å². The molecule has 0 saturated heterocycles. The largest absolute Gasteiger partial charge is 0.298 e. The molecular formula is C14H10ClN3O4S. The van der Waals surface area contributed by atoms with Gasteiger partial charge in [0.15, 0.2) is 10.9 Å². The molecule has 7 nitrogen and oxygen atoms in total. The summed E-state index contributed by atoms with van der Waals surface area (Å²) in [7, 11) is 0. The highest BCUT2D eigenvalue weighted by Gasteiger charge is 2.12. The summed E-state index contributed by atoms with van der Waals surface area (Å²) in [5.74, 6) is -0.655. The van der Waals surface area contributed by atoms with Gasteiger partial charge >= 0.3 is 0 Å². The van der Waals surface area contributed by atoms with Crippen LogP contribution in [-0.2, 0) is 4.79 Å². The predicted molar refractivity (Wildman–Crippen MR) is 87.9 cm³/mol. The highest BCUT2D eigenvalue weighted by atomic mass is 35.5. The lowest BCUT2D eigenvalue weighted by molar-refractivity contribution is -0.384. The Bertz CT molecular complexity index is 816. The summed E-state index contributed by atoms with van der Waals surface area (Å²) in [5.41, 5.74) is 0.502. The standard InChI is InChI=1S/C14H10ClN3O4S/c1-8(19)11-7-23-14(16-11)17-13(20)5-3-9-2-4-10(15)12(6-9)18(21)22/h2-7H,1H3,(H,16,17,20)/b5-3+. The highest BCUT2D eigenvalue weighted by molar-refractivity contribution is 7.14. The molecule has 0 atom stereocenters. The number of thiazole rings is 1. The molecule has 0 aliphatic carbocycles. The first-order valence-corrected chi connectivity index (χ1v) is 7.52. The van der Waals surface area contributed by atoms with Crippen molar-refractivity contribution in [2.24, 2.45) is 0 Å². The van der Waals surface area contributed by atoms with Gasteiger partial charge in [-0.05, 0) is 17.7 Å². The van der Waals surface area contributed by atoms with Crippen LogP contribution in [0.1, 0.15) is 23.0 Å². The second-order valence-electron chi connectivity index (χ2n) is 4.38. The molecular weight excluding hydrogens is 342 g/mol. The van der Waals surface area contributed by atoms with Gasteiger partial charge in [-0.15, -0.1) is 11.3 Å². The van der Waals surface area contributed by atoms with E-state index in [4.69, 9.17) is 11.6 Å². The third-order valence-electron chi connectivity index (χ3n) is 2.69. The molecule has 0 aliphatic heterocycles. The van der Waals surface area contributed by atoms with Gasteiger partial charge in [0.25, 0.3) is 5.69 Å². The summed E-state index contributed by atoms with van der Waals surface area (Å²) in [6, 6.07) is 4.21. The average molecular weight is 352 g/mol. The van der Waals surface area contributed by atoms with Crippen molar-refractivity contribution in [2.75, 3.05) is 5.32 Å². The molecule has 1 N–H and O–H groups in total. The SMILES string of the molecule is CC(=O)c1csc(NC(=O)/C=C/c2ccc(Cl)c([N+](=O)[O-])c2)n1. The number of rotatable bonds is 5. The van der Waals surface area contributed by atoms with E-state index in [0.717, 1.165) is 11.3 Å². The van der Waals surface area contributed by atoms with Gasteiger partial charge < -0.3 is 0 Å². The second kappa shape index (κ2) is 7.12. The Hall–Kier alpha value is -2.58. The summed E-state index contributed by atoms with van der Waals surface area (Å²) >= 11 is 6.84. The molecule has 23 heavy (non-hydrogen) atoms. The van der Waals surface area contributed by atoms with Crippen molar-refractivity contribution in [1.29, 1.82) is 0 Å². The Morgan fingerprint density at radius 3 is 2.78 bits per heavy atom. The maximum Gasteiger partial charge on any atom is 0.288 e. The van der Waals surface area contributed by atoms with Gasteiger partial charge in [0.1, 0.15) is 10.7 Å². The van der Waals surface area contributed by atoms with Crippen molar-refractivity contribution in [2.45, 2.75) is 6.92 Å². The van der Waals surface area contributed by atoms with Crippen LogP contribution in [0.25, 0.3) is 6.08 Å². The quantitative estimate of drug-likeness (QED) is 0.384. The van der Waals surface area contributed by atoms with Crippen molar-refractivity contribution in [3.63, 3.8) is 0 Å². The van der Waals surface area contributed by atoms with Crippen LogP contribution in [0.3, 0.4) is 0 Å². The Balaban J connectivity index is 2.07. The molecule has 0 fully saturated rings. The number of halogens is 1. The first-order chi connectivity index (χ1) is 10.9. The topological polar surface area (TPSA) is 102 Å². The fourth-order valence-electron chi connectivity index (χ4n) is 1.59. The number of hydrogen-bond acceptors (Lipinski definition) is 6. The minimum Gasteiger partial charge on any atom is -0.298 e. The summed E-state index contributed by atoms with van der Waals surface area (Å²) in [5, 5.41) is 15.2. The van der Waals surface area contributed by atoms with Gasteiger partial charge in [-0.2, -0.15) is 0 Å². The normalized spacial score (nSPS) is 10.7. The molecule has 0 saturated carbocycles. The molecule has 0 unspecified atom stereocenters. The predicted octanol–water partition coefficient (Wildman–Crippen LogP) is 3.56. The lowest BCUT2D eigenvalue weighted by Crippen LogP contribution is -2.07. The number of aromatic nitrogens is 1. The van der Waals surface area contributed by atoms with E-state index in [2.05, 4.69) is 10.3 Å². The molecule has 0 aliphatic rings. The Morgan fingerprint density at radius 2 is 2.17 bits per heavy atom. The Labute approximate surface area is 139 Å². The van der Waals surface area contributed by atoms with Crippen LogP contribution in [0.5, 0.6) is 0 Å². The van der Waals surface area contributed by atoms with E-state index in [9.17, 15) is 19.7 Å². The van der Waals surface area contributed by atoms with Crippen LogP contribution in [0.2, 0.25) is 5.02 Å². The number of carbonyl (C=O) groups is 2. The molecule has 9 heteroatoms. The minimum atomic E-state index is -0.599. The van der Waals surface area contributed by atoms with Gasteiger partial charge in [0.2, 0.25) is 5.91 Å². The molecule has 0 radical (unpaired) electrons. The highest BCUT2D eigenvalue weighted by Crippen LogP contribution is 2.25. The number of carbonyl (C=O) groups excluding carboxylic acids is 2. The second-order valence-corrected chi connectivity index (χ2v) is 5.65. The van der Waals surface area contributed by atoms with Crippen LogP contribution in [-0.4, -0.2) is 21.6 Å². The lowest BCUT2D eigenvalue weighted by atomic mass is 10.2. The summed E-state index contributed by atoms with van der Waals surface area (Å²) < 4.78 is 0. The van der Waals surface area contributed by atoms with Crippen LogP contribution in [0.4, 0.5) is 10.8 Å². The zero-order chi connectivity index (χ0) is 17.0. The average Bonchev–Trinajstić information content (AvgIpc) is 2.94. The number of anilines is 1. The molecule has 0 spiro atoms. The molecule has 2 rings (SSSR count). The number of benzene rings is 1. The monoisotopic (exact) mass is 351 g/mol. The number of nitro groups is 1.